The number of H-pyrrole nitrogens is 1. The van der Waals surface area contributed by atoms with Crippen LogP contribution in [-0.2, 0) is 6.42 Å². The molecular formula is C9H13N3O3. The first-order valence-electron chi connectivity index (χ1n) is 4.53. The van der Waals surface area contributed by atoms with Crippen LogP contribution < -0.4 is 11.4 Å². The van der Waals surface area contributed by atoms with Gasteiger partial charge in [0.15, 0.2) is 0 Å². The van der Waals surface area contributed by atoms with Crippen molar-refractivity contribution in [3.8, 4) is 0 Å². The third kappa shape index (κ3) is 2.55. The van der Waals surface area contributed by atoms with Gasteiger partial charge in [-0.1, -0.05) is 13.8 Å². The minimum absolute atomic E-state index is 0.108. The number of carboxylic acid groups (broad SMARTS) is 1. The Morgan fingerprint density at radius 2 is 2.20 bits per heavy atom. The summed E-state index contributed by atoms with van der Waals surface area (Å²) in [6.07, 6.45) is 0.448. The maximum atomic E-state index is 11.0. The van der Waals surface area contributed by atoms with E-state index in [2.05, 4.69) is 9.97 Å². The molecule has 4 N–H and O–H groups in total. The smallest absolute Gasteiger partial charge is 0.347 e. The van der Waals surface area contributed by atoms with Crippen LogP contribution in [0.2, 0.25) is 0 Å². The molecular weight excluding hydrogens is 198 g/mol. The largest absolute Gasteiger partial charge is 0.477 e. The zero-order chi connectivity index (χ0) is 11.6. The molecule has 15 heavy (non-hydrogen) atoms. The molecule has 1 aromatic rings. The van der Waals surface area contributed by atoms with Gasteiger partial charge in [-0.25, -0.2) is 9.59 Å². The molecule has 0 aromatic carbocycles. The summed E-state index contributed by atoms with van der Waals surface area (Å²) in [4.78, 5) is 27.7. The van der Waals surface area contributed by atoms with E-state index in [1.165, 1.54) is 0 Å². The summed E-state index contributed by atoms with van der Waals surface area (Å²) >= 11 is 0. The highest BCUT2D eigenvalue weighted by molar-refractivity contribution is 5.93. The number of aromatic carboxylic acids is 1. The second-order valence-electron chi connectivity index (χ2n) is 3.68. The van der Waals surface area contributed by atoms with Crippen molar-refractivity contribution in [2.24, 2.45) is 5.92 Å². The minimum Gasteiger partial charge on any atom is -0.477 e. The molecule has 82 valence electrons. The number of carboxylic acids is 1. The number of hydrogen-bond acceptors (Lipinski definition) is 4. The first kappa shape index (κ1) is 11.2. The van der Waals surface area contributed by atoms with Gasteiger partial charge < -0.3 is 15.8 Å². The molecule has 0 spiro atoms. The highest BCUT2D eigenvalue weighted by Gasteiger charge is 2.17. The zero-order valence-corrected chi connectivity index (χ0v) is 8.57. The Labute approximate surface area is 86.2 Å². The van der Waals surface area contributed by atoms with E-state index in [4.69, 9.17) is 10.8 Å². The molecule has 0 unspecified atom stereocenters. The molecule has 0 amide bonds. The molecule has 0 atom stereocenters. The third-order valence-electron chi connectivity index (χ3n) is 1.86. The lowest BCUT2D eigenvalue weighted by Crippen LogP contribution is -2.21. The molecule has 0 aliphatic carbocycles. The van der Waals surface area contributed by atoms with Crippen LogP contribution in [0.5, 0.6) is 0 Å². The lowest BCUT2D eigenvalue weighted by atomic mass is 10.0. The number of carbonyl (C=O) groups is 1. The molecule has 6 nitrogen and oxygen atoms in total. The van der Waals surface area contributed by atoms with Crippen LogP contribution >= 0.6 is 0 Å². The second-order valence-corrected chi connectivity index (χ2v) is 3.68. The molecule has 0 fully saturated rings. The minimum atomic E-state index is -1.17. The molecule has 0 aliphatic rings. The maximum absolute atomic E-state index is 11.0. The van der Waals surface area contributed by atoms with Gasteiger partial charge in [-0.3, -0.25) is 0 Å². The van der Waals surface area contributed by atoms with Crippen molar-refractivity contribution in [1.82, 2.24) is 9.97 Å². The summed E-state index contributed by atoms with van der Waals surface area (Å²) in [6, 6.07) is 0. The fourth-order valence-electron chi connectivity index (χ4n) is 1.34. The van der Waals surface area contributed by atoms with E-state index in [0.717, 1.165) is 0 Å². The van der Waals surface area contributed by atoms with Gasteiger partial charge >= 0.3 is 11.7 Å². The summed E-state index contributed by atoms with van der Waals surface area (Å²) in [7, 11) is 0. The van der Waals surface area contributed by atoms with E-state index in [0.29, 0.717) is 12.1 Å². The molecule has 1 rings (SSSR count). The quantitative estimate of drug-likeness (QED) is 0.663. The number of aromatic nitrogens is 2. The van der Waals surface area contributed by atoms with Gasteiger partial charge in [0.25, 0.3) is 0 Å². The van der Waals surface area contributed by atoms with E-state index in [1.807, 2.05) is 13.8 Å². The van der Waals surface area contributed by atoms with Gasteiger partial charge in [0, 0.05) is 5.69 Å². The van der Waals surface area contributed by atoms with E-state index in [1.54, 1.807) is 0 Å². The summed E-state index contributed by atoms with van der Waals surface area (Å²) in [5.41, 5.74) is 4.99. The van der Waals surface area contributed by atoms with E-state index < -0.39 is 11.7 Å². The van der Waals surface area contributed by atoms with E-state index in [-0.39, 0.29) is 17.3 Å². The lowest BCUT2D eigenvalue weighted by molar-refractivity contribution is 0.0695. The summed E-state index contributed by atoms with van der Waals surface area (Å²) in [5, 5.41) is 8.91. The average Bonchev–Trinajstić information content (AvgIpc) is 1.99. The summed E-state index contributed by atoms with van der Waals surface area (Å²) < 4.78 is 0. The number of anilines is 1. The van der Waals surface area contributed by atoms with Crippen molar-refractivity contribution in [3.63, 3.8) is 0 Å². The second kappa shape index (κ2) is 4.12. The van der Waals surface area contributed by atoms with Crippen LogP contribution in [0, 0.1) is 5.92 Å². The molecule has 0 bridgehead atoms. The number of nitrogens with two attached hydrogens (primary N) is 1. The van der Waals surface area contributed by atoms with Crippen molar-refractivity contribution >= 4 is 11.8 Å². The number of nitrogen functional groups attached to an aromatic ring is 1. The Bertz CT molecular complexity index is 437. The lowest BCUT2D eigenvalue weighted by Gasteiger charge is -2.09. The first-order valence-corrected chi connectivity index (χ1v) is 4.53. The van der Waals surface area contributed by atoms with Crippen LogP contribution in [-0.4, -0.2) is 21.0 Å². The summed E-state index contributed by atoms with van der Waals surface area (Å²) in [5.74, 6) is -1.19. The van der Waals surface area contributed by atoms with Gasteiger partial charge in [-0.15, -0.1) is 0 Å². The van der Waals surface area contributed by atoms with Crippen LogP contribution in [0.15, 0.2) is 4.79 Å². The number of nitrogens with zero attached hydrogens (tertiary/aromatic N) is 1. The molecule has 6 heteroatoms. The fourth-order valence-corrected chi connectivity index (χ4v) is 1.34. The van der Waals surface area contributed by atoms with Gasteiger partial charge in [0.05, 0.1) is 0 Å². The van der Waals surface area contributed by atoms with Crippen molar-refractivity contribution in [3.05, 3.63) is 21.7 Å². The molecule has 0 saturated carbocycles. The molecule has 0 radical (unpaired) electrons. The average molecular weight is 211 g/mol. The van der Waals surface area contributed by atoms with E-state index >= 15 is 0 Å². The SMILES string of the molecule is CC(C)Cc1[nH]c(=O)nc(N)c1C(=O)O. The predicted octanol–water partition coefficient (Wildman–Crippen LogP) is 0.249. The van der Waals surface area contributed by atoms with Gasteiger partial charge in [-0.2, -0.15) is 4.98 Å². The van der Waals surface area contributed by atoms with Crippen LogP contribution in [0.1, 0.15) is 29.9 Å². The Balaban J connectivity index is 3.33. The van der Waals surface area contributed by atoms with Crippen molar-refractivity contribution in [2.75, 3.05) is 5.73 Å². The van der Waals surface area contributed by atoms with Crippen LogP contribution in [0.4, 0.5) is 5.82 Å². The standard InChI is InChI=1S/C9H13N3O3/c1-4(2)3-5-6(8(13)14)7(10)12-9(15)11-5/h4H,3H2,1-2H3,(H,13,14)(H3,10,11,12,15). The zero-order valence-electron chi connectivity index (χ0n) is 8.57. The van der Waals surface area contributed by atoms with Crippen molar-refractivity contribution in [2.45, 2.75) is 20.3 Å². The molecule has 0 saturated heterocycles. The summed E-state index contributed by atoms with van der Waals surface area (Å²) in [6.45, 7) is 3.83. The van der Waals surface area contributed by atoms with Crippen LogP contribution in [0.3, 0.4) is 0 Å². The Hall–Kier alpha value is -1.85. The Kier molecular flexibility index (Phi) is 3.08. The normalized spacial score (nSPS) is 10.6. The molecule has 0 aliphatic heterocycles. The number of nitrogens with one attached hydrogen (secondary N) is 1. The number of rotatable bonds is 3. The highest BCUT2D eigenvalue weighted by atomic mass is 16.4. The highest BCUT2D eigenvalue weighted by Crippen LogP contribution is 2.14. The number of aromatic amines is 1. The maximum Gasteiger partial charge on any atom is 0.347 e. The van der Waals surface area contributed by atoms with Crippen LogP contribution in [0.25, 0.3) is 0 Å². The number of hydrogen-bond donors (Lipinski definition) is 3. The molecule has 1 aromatic heterocycles. The van der Waals surface area contributed by atoms with Crippen molar-refractivity contribution < 1.29 is 9.90 Å². The van der Waals surface area contributed by atoms with Crippen molar-refractivity contribution in [1.29, 1.82) is 0 Å². The predicted molar refractivity (Wildman–Crippen MR) is 54.8 cm³/mol. The first-order chi connectivity index (χ1) is 6.91. The van der Waals surface area contributed by atoms with E-state index in [9.17, 15) is 9.59 Å². The topological polar surface area (TPSA) is 109 Å². The van der Waals surface area contributed by atoms with Gasteiger partial charge in [0.1, 0.15) is 11.4 Å². The van der Waals surface area contributed by atoms with Gasteiger partial charge in [-0.05, 0) is 12.3 Å². The fraction of sp³-hybridized carbons (Fsp3) is 0.444. The van der Waals surface area contributed by atoms with Gasteiger partial charge in [0.2, 0.25) is 0 Å². The monoisotopic (exact) mass is 211 g/mol. The Morgan fingerprint density at radius 3 is 2.67 bits per heavy atom. The molecule has 1 heterocycles. The Morgan fingerprint density at radius 1 is 1.60 bits per heavy atom. The third-order valence-corrected chi connectivity index (χ3v) is 1.86.